The number of carbonyl (C=O) groups excluding carboxylic acids is 1. The largest absolute Gasteiger partial charge is 0.376 e. The molecular formula is C11H17N3O2. The van der Waals surface area contributed by atoms with Crippen LogP contribution in [0.5, 0.6) is 0 Å². The topological polar surface area (TPSA) is 55.2 Å². The summed E-state index contributed by atoms with van der Waals surface area (Å²) in [6.45, 7) is 3.47. The van der Waals surface area contributed by atoms with Crippen LogP contribution in [0.2, 0.25) is 0 Å². The van der Waals surface area contributed by atoms with E-state index in [2.05, 4.69) is 5.10 Å². The maximum atomic E-state index is 11.7. The summed E-state index contributed by atoms with van der Waals surface area (Å²) >= 11 is 0. The Morgan fingerprint density at radius 3 is 2.62 bits per heavy atom. The van der Waals surface area contributed by atoms with Crippen LogP contribution in [0.4, 0.5) is 5.69 Å². The highest BCUT2D eigenvalue weighted by Crippen LogP contribution is 2.08. The Labute approximate surface area is 94.7 Å². The van der Waals surface area contributed by atoms with E-state index >= 15 is 0 Å². The van der Waals surface area contributed by atoms with E-state index < -0.39 is 6.04 Å². The number of carbonyl (C=O) groups is 1. The molecule has 0 saturated carbocycles. The monoisotopic (exact) mass is 223 g/mol. The molecule has 0 spiro atoms. The lowest BCUT2D eigenvalue weighted by atomic mass is 10.2. The molecule has 1 unspecified atom stereocenters. The number of aromatic nitrogens is 2. The van der Waals surface area contributed by atoms with Gasteiger partial charge in [-0.15, -0.1) is 0 Å². The third-order valence-corrected chi connectivity index (χ3v) is 2.51. The number of rotatable bonds is 4. The molecule has 0 amide bonds. The predicted octanol–water partition coefficient (Wildman–Crippen LogP) is 0.849. The fourth-order valence-electron chi connectivity index (χ4n) is 1.38. The zero-order valence-electron chi connectivity index (χ0n) is 10.1. The minimum absolute atomic E-state index is 0.00667. The smallest absolute Gasteiger partial charge is 0.269 e. The molecule has 1 aromatic heterocycles. The molecule has 0 radical (unpaired) electrons. The summed E-state index contributed by atoms with van der Waals surface area (Å²) in [6, 6.07) is 0.987. The van der Waals surface area contributed by atoms with Gasteiger partial charge in [0.1, 0.15) is 6.04 Å². The van der Waals surface area contributed by atoms with Crippen molar-refractivity contribution in [2.24, 2.45) is 0 Å². The summed E-state index contributed by atoms with van der Waals surface area (Å²) in [5.41, 5.74) is 0.484. The predicted molar refractivity (Wildman–Crippen MR) is 62.8 cm³/mol. The maximum absolute atomic E-state index is 11.7. The van der Waals surface area contributed by atoms with Crippen LogP contribution < -0.4 is 10.5 Å². The van der Waals surface area contributed by atoms with Gasteiger partial charge in [0.05, 0.1) is 11.9 Å². The van der Waals surface area contributed by atoms with Crippen molar-refractivity contribution in [3.05, 3.63) is 22.6 Å². The molecule has 1 atom stereocenters. The van der Waals surface area contributed by atoms with Crippen LogP contribution in [0.25, 0.3) is 0 Å². The fraction of sp³-hybridized carbons (Fsp3) is 0.545. The normalized spacial score (nSPS) is 12.2. The Bertz CT molecular complexity index is 437. The molecule has 0 aliphatic rings. The average Bonchev–Trinajstić information content (AvgIpc) is 2.26. The highest BCUT2D eigenvalue weighted by atomic mass is 16.1. The zero-order chi connectivity index (χ0) is 12.3. The number of nitrogens with zero attached hydrogens (tertiary/aromatic N) is 3. The van der Waals surface area contributed by atoms with Crippen LogP contribution in [-0.2, 0) is 4.79 Å². The van der Waals surface area contributed by atoms with Gasteiger partial charge in [0, 0.05) is 26.6 Å². The van der Waals surface area contributed by atoms with E-state index in [-0.39, 0.29) is 11.3 Å². The standard InChI is InChI=1S/C11H17N3O2/c1-5-10(15)8(2)14-11(16)6-9(7-12-14)13(3)4/h6-8H,5H2,1-4H3. The lowest BCUT2D eigenvalue weighted by molar-refractivity contribution is -0.121. The first-order chi connectivity index (χ1) is 7.47. The Hall–Kier alpha value is -1.65. The lowest BCUT2D eigenvalue weighted by Gasteiger charge is -2.15. The van der Waals surface area contributed by atoms with Crippen molar-refractivity contribution in [3.8, 4) is 0 Å². The van der Waals surface area contributed by atoms with Crippen molar-refractivity contribution < 1.29 is 4.79 Å². The second-order valence-corrected chi connectivity index (χ2v) is 3.89. The van der Waals surface area contributed by atoms with E-state index in [0.29, 0.717) is 6.42 Å². The van der Waals surface area contributed by atoms with Gasteiger partial charge in [-0.3, -0.25) is 9.59 Å². The first-order valence-electron chi connectivity index (χ1n) is 5.26. The summed E-state index contributed by atoms with van der Waals surface area (Å²) < 4.78 is 1.22. The summed E-state index contributed by atoms with van der Waals surface area (Å²) in [5, 5.41) is 4.01. The Kier molecular flexibility index (Phi) is 3.82. The second kappa shape index (κ2) is 4.92. The Morgan fingerprint density at radius 2 is 2.19 bits per heavy atom. The van der Waals surface area contributed by atoms with E-state index in [1.54, 1.807) is 24.9 Å². The quantitative estimate of drug-likeness (QED) is 0.759. The summed E-state index contributed by atoms with van der Waals surface area (Å²) in [4.78, 5) is 25.0. The van der Waals surface area contributed by atoms with Crippen molar-refractivity contribution in [1.29, 1.82) is 0 Å². The minimum Gasteiger partial charge on any atom is -0.376 e. The third kappa shape index (κ3) is 2.48. The number of Topliss-reactive ketones (excluding diaryl/α,β-unsaturated/α-hetero) is 1. The number of hydrogen-bond acceptors (Lipinski definition) is 4. The molecule has 5 nitrogen and oxygen atoms in total. The van der Waals surface area contributed by atoms with Gasteiger partial charge in [0.2, 0.25) is 0 Å². The van der Waals surface area contributed by atoms with Crippen LogP contribution in [-0.4, -0.2) is 29.7 Å². The molecule has 0 aliphatic carbocycles. The first kappa shape index (κ1) is 12.4. The van der Waals surface area contributed by atoms with Gasteiger partial charge in [-0.25, -0.2) is 4.68 Å². The van der Waals surface area contributed by atoms with E-state index in [9.17, 15) is 9.59 Å². The van der Waals surface area contributed by atoms with Crippen LogP contribution >= 0.6 is 0 Å². The summed E-state index contributed by atoms with van der Waals surface area (Å²) in [6.07, 6.45) is 1.99. The van der Waals surface area contributed by atoms with Crippen molar-refractivity contribution in [2.75, 3.05) is 19.0 Å². The number of hydrogen-bond donors (Lipinski definition) is 0. The lowest BCUT2D eigenvalue weighted by Crippen LogP contribution is -2.30. The highest BCUT2D eigenvalue weighted by Gasteiger charge is 2.15. The Balaban J connectivity index is 3.09. The molecule has 0 N–H and O–H groups in total. The SMILES string of the molecule is CCC(=O)C(C)n1ncc(N(C)C)cc1=O. The molecule has 1 rings (SSSR count). The van der Waals surface area contributed by atoms with Gasteiger partial charge in [0.15, 0.2) is 5.78 Å². The van der Waals surface area contributed by atoms with Gasteiger partial charge in [-0.1, -0.05) is 6.92 Å². The number of anilines is 1. The zero-order valence-corrected chi connectivity index (χ0v) is 10.1. The van der Waals surface area contributed by atoms with Gasteiger partial charge < -0.3 is 4.90 Å². The summed E-state index contributed by atoms with van der Waals surface area (Å²) in [5.74, 6) is 0.00667. The van der Waals surface area contributed by atoms with Crippen LogP contribution in [0.15, 0.2) is 17.1 Å². The van der Waals surface area contributed by atoms with Crippen LogP contribution in [0, 0.1) is 0 Å². The molecular weight excluding hydrogens is 206 g/mol. The molecule has 0 bridgehead atoms. The molecule has 88 valence electrons. The molecule has 0 aromatic carbocycles. The first-order valence-corrected chi connectivity index (χ1v) is 5.26. The second-order valence-electron chi connectivity index (χ2n) is 3.89. The van der Waals surface area contributed by atoms with E-state index in [4.69, 9.17) is 0 Å². The molecule has 0 aliphatic heterocycles. The van der Waals surface area contributed by atoms with E-state index in [1.165, 1.54) is 10.7 Å². The molecule has 0 fully saturated rings. The Morgan fingerprint density at radius 1 is 1.56 bits per heavy atom. The van der Waals surface area contributed by atoms with Crippen molar-refractivity contribution in [2.45, 2.75) is 26.3 Å². The van der Waals surface area contributed by atoms with Crippen LogP contribution in [0.3, 0.4) is 0 Å². The molecule has 1 heterocycles. The van der Waals surface area contributed by atoms with Gasteiger partial charge in [-0.05, 0) is 6.92 Å². The van der Waals surface area contributed by atoms with Crippen molar-refractivity contribution >= 4 is 11.5 Å². The minimum atomic E-state index is -0.492. The molecule has 0 saturated heterocycles. The van der Waals surface area contributed by atoms with Crippen molar-refractivity contribution in [1.82, 2.24) is 9.78 Å². The molecule has 5 heteroatoms. The van der Waals surface area contributed by atoms with Gasteiger partial charge in [-0.2, -0.15) is 5.10 Å². The average molecular weight is 223 g/mol. The van der Waals surface area contributed by atoms with Gasteiger partial charge >= 0.3 is 0 Å². The van der Waals surface area contributed by atoms with Crippen LogP contribution in [0.1, 0.15) is 26.3 Å². The highest BCUT2D eigenvalue weighted by molar-refractivity contribution is 5.81. The third-order valence-electron chi connectivity index (χ3n) is 2.51. The van der Waals surface area contributed by atoms with Crippen molar-refractivity contribution in [3.63, 3.8) is 0 Å². The molecule has 1 aromatic rings. The fourth-order valence-corrected chi connectivity index (χ4v) is 1.38. The summed E-state index contributed by atoms with van der Waals surface area (Å²) in [7, 11) is 3.67. The van der Waals surface area contributed by atoms with E-state index in [0.717, 1.165) is 5.69 Å². The van der Waals surface area contributed by atoms with E-state index in [1.807, 2.05) is 14.1 Å². The number of ketones is 1. The van der Waals surface area contributed by atoms with Gasteiger partial charge in [0.25, 0.3) is 5.56 Å². The molecule has 16 heavy (non-hydrogen) atoms. The maximum Gasteiger partial charge on any atom is 0.269 e.